The van der Waals surface area contributed by atoms with Gasteiger partial charge < -0.3 is 9.47 Å². The number of amides is 2. The zero-order chi connectivity index (χ0) is 16.6. The molecule has 0 spiro atoms. The number of nitrogens with zero attached hydrogens (tertiary/aromatic N) is 1. The maximum absolute atomic E-state index is 12.6. The van der Waals surface area contributed by atoms with Crippen LogP contribution in [0.3, 0.4) is 0 Å². The Labute approximate surface area is 126 Å². The second kappa shape index (κ2) is 5.40. The van der Waals surface area contributed by atoms with Gasteiger partial charge in [-0.3, -0.25) is 4.79 Å². The van der Waals surface area contributed by atoms with Gasteiger partial charge in [0.15, 0.2) is 12.3 Å². The van der Waals surface area contributed by atoms with Crippen molar-refractivity contribution in [1.82, 2.24) is 0 Å². The highest BCUT2D eigenvalue weighted by Gasteiger charge is 2.60. The molecule has 0 N–H and O–H groups in total. The summed E-state index contributed by atoms with van der Waals surface area (Å²) in [4.78, 5) is 36.9. The molecule has 21 heavy (non-hydrogen) atoms. The fourth-order valence-corrected chi connectivity index (χ4v) is 2.23. The normalized spacial score (nSPS) is 22.0. The summed E-state index contributed by atoms with van der Waals surface area (Å²) in [5.74, 6) is -0.140. The van der Waals surface area contributed by atoms with Crippen molar-refractivity contribution >= 4 is 18.0 Å². The number of quaternary nitrogens is 1. The van der Waals surface area contributed by atoms with E-state index in [-0.39, 0.29) is 18.7 Å². The lowest BCUT2D eigenvalue weighted by atomic mass is 10.2. The molecule has 0 aromatic rings. The van der Waals surface area contributed by atoms with Crippen molar-refractivity contribution in [1.29, 1.82) is 0 Å². The zero-order valence-electron chi connectivity index (χ0n) is 14.0. The molecule has 0 unspecified atom stereocenters. The Kier molecular flexibility index (Phi) is 4.53. The molecule has 0 aromatic heterocycles. The van der Waals surface area contributed by atoms with Gasteiger partial charge in [0.25, 0.3) is 0 Å². The summed E-state index contributed by atoms with van der Waals surface area (Å²) >= 11 is 0. The third kappa shape index (κ3) is 4.03. The maximum atomic E-state index is 12.6. The van der Waals surface area contributed by atoms with Gasteiger partial charge in [-0.1, -0.05) is 0 Å². The number of imide groups is 1. The molecule has 120 valence electrons. The van der Waals surface area contributed by atoms with Gasteiger partial charge in [0.2, 0.25) is 0 Å². The Hall–Kier alpha value is -1.43. The van der Waals surface area contributed by atoms with Crippen molar-refractivity contribution in [2.24, 2.45) is 0 Å². The predicted octanol–water partition coefficient (Wildman–Crippen LogP) is 3.03. The minimum Gasteiger partial charge on any atom is -0.414 e. The molecule has 0 bridgehead atoms. The summed E-state index contributed by atoms with van der Waals surface area (Å²) in [5.41, 5.74) is -1.48. The Balaban J connectivity index is 3.16. The third-order valence-electron chi connectivity index (χ3n) is 3.14. The topological polar surface area (TPSA) is 69.7 Å². The molecule has 1 fully saturated rings. The lowest BCUT2D eigenvalue weighted by Crippen LogP contribution is -2.61. The van der Waals surface area contributed by atoms with Crippen LogP contribution in [0.2, 0.25) is 0 Å². The van der Waals surface area contributed by atoms with Crippen molar-refractivity contribution in [3.05, 3.63) is 0 Å². The Bertz CT molecular complexity index is 428. The van der Waals surface area contributed by atoms with Crippen molar-refractivity contribution in [3.63, 3.8) is 0 Å². The molecule has 0 aromatic carbocycles. The van der Waals surface area contributed by atoms with E-state index in [1.807, 2.05) is 0 Å². The van der Waals surface area contributed by atoms with Crippen molar-refractivity contribution in [2.75, 3.05) is 6.54 Å². The second-order valence-corrected chi connectivity index (χ2v) is 7.58. The molecule has 2 amide bonds. The number of ketones is 1. The van der Waals surface area contributed by atoms with Crippen LogP contribution in [0, 0.1) is 0 Å². The summed E-state index contributed by atoms with van der Waals surface area (Å²) in [5, 5.41) is 0. The van der Waals surface area contributed by atoms with E-state index in [0.29, 0.717) is 0 Å². The minimum atomic E-state index is -0.740. The zero-order valence-corrected chi connectivity index (χ0v) is 14.0. The highest BCUT2D eigenvalue weighted by atomic mass is 16.6. The lowest BCUT2D eigenvalue weighted by Gasteiger charge is -2.34. The fraction of sp³-hybridized carbons (Fsp3) is 0.800. The average Bonchev–Trinajstić information content (AvgIpc) is 2.49. The number of ether oxygens (including phenoxy) is 2. The standard InChI is InChI=1S/C15H26NO5/c1-10-8-11(17)9-16(10,12(18)20-14(2,3)4)13(19)21-15(5,6)7/h10H,8-9H2,1-7H3/q+1/t10-/m1/s1. The highest BCUT2D eigenvalue weighted by molar-refractivity contribution is 5.89. The van der Waals surface area contributed by atoms with Crippen LogP contribution >= 0.6 is 0 Å². The van der Waals surface area contributed by atoms with Gasteiger partial charge in [0, 0.05) is 0 Å². The molecular weight excluding hydrogens is 274 g/mol. The summed E-state index contributed by atoms with van der Waals surface area (Å²) in [6.45, 7) is 11.8. The molecular formula is C15H26NO5+. The van der Waals surface area contributed by atoms with E-state index < -0.39 is 33.9 Å². The molecule has 0 radical (unpaired) electrons. The van der Waals surface area contributed by atoms with E-state index in [0.717, 1.165) is 0 Å². The van der Waals surface area contributed by atoms with Gasteiger partial charge in [-0.15, -0.1) is 4.48 Å². The molecule has 1 aliphatic rings. The monoisotopic (exact) mass is 300 g/mol. The van der Waals surface area contributed by atoms with Crippen LogP contribution in [-0.4, -0.2) is 46.2 Å². The van der Waals surface area contributed by atoms with Gasteiger partial charge >= 0.3 is 12.2 Å². The first-order valence-corrected chi connectivity index (χ1v) is 7.14. The summed E-state index contributed by atoms with van der Waals surface area (Å²) in [6.07, 6.45) is -1.29. The number of rotatable bonds is 0. The van der Waals surface area contributed by atoms with Crippen LogP contribution in [0.25, 0.3) is 0 Å². The van der Waals surface area contributed by atoms with Crippen LogP contribution in [0.15, 0.2) is 0 Å². The number of Topliss-reactive ketones (excluding diaryl/α,β-unsaturated/α-hetero) is 1. The van der Waals surface area contributed by atoms with Crippen molar-refractivity contribution < 1.29 is 28.3 Å². The minimum absolute atomic E-state index is 0.140. The molecule has 0 saturated carbocycles. The van der Waals surface area contributed by atoms with Gasteiger partial charge in [-0.2, -0.15) is 9.59 Å². The summed E-state index contributed by atoms with van der Waals surface area (Å²) < 4.78 is 10.0. The largest absolute Gasteiger partial charge is 0.527 e. The van der Waals surface area contributed by atoms with Gasteiger partial charge in [-0.05, 0) is 48.5 Å². The Morgan fingerprint density at radius 1 is 1.00 bits per heavy atom. The van der Waals surface area contributed by atoms with Crippen LogP contribution < -0.4 is 0 Å². The van der Waals surface area contributed by atoms with E-state index in [1.165, 1.54) is 0 Å². The van der Waals surface area contributed by atoms with Gasteiger partial charge in [-0.25, -0.2) is 0 Å². The average molecular weight is 300 g/mol. The smallest absolute Gasteiger partial charge is 0.414 e. The van der Waals surface area contributed by atoms with E-state index >= 15 is 0 Å². The first kappa shape index (κ1) is 17.6. The Morgan fingerprint density at radius 2 is 1.38 bits per heavy atom. The Morgan fingerprint density at radius 3 is 1.62 bits per heavy atom. The van der Waals surface area contributed by atoms with Crippen LogP contribution in [0.1, 0.15) is 54.9 Å². The number of likely N-dealkylation sites (tertiary alicyclic amines) is 1. The molecule has 6 nitrogen and oxygen atoms in total. The molecule has 6 heteroatoms. The molecule has 1 heterocycles. The highest BCUT2D eigenvalue weighted by Crippen LogP contribution is 2.31. The van der Waals surface area contributed by atoms with Crippen molar-refractivity contribution in [3.8, 4) is 0 Å². The van der Waals surface area contributed by atoms with Crippen LogP contribution in [0.4, 0.5) is 9.59 Å². The van der Waals surface area contributed by atoms with E-state index in [1.54, 1.807) is 48.5 Å². The molecule has 1 saturated heterocycles. The first-order valence-electron chi connectivity index (χ1n) is 7.14. The summed E-state index contributed by atoms with van der Waals surface area (Å²) in [7, 11) is 0. The maximum Gasteiger partial charge on any atom is 0.527 e. The van der Waals surface area contributed by atoms with Gasteiger partial charge in [0.05, 0.1) is 6.42 Å². The number of hydrogen-bond donors (Lipinski definition) is 0. The quantitative estimate of drug-likeness (QED) is 0.643. The molecule has 1 rings (SSSR count). The number of carbonyl (C=O) groups is 3. The SMILES string of the molecule is C[C@@H]1CC(=O)C[N+]1(C(=O)OC(C)(C)C)C(=O)OC(C)(C)C. The number of carbonyl (C=O) groups excluding carboxylic acids is 3. The molecule has 1 aliphatic heterocycles. The fourth-order valence-electron chi connectivity index (χ4n) is 2.23. The van der Waals surface area contributed by atoms with Gasteiger partial charge in [0.1, 0.15) is 17.2 Å². The van der Waals surface area contributed by atoms with E-state index in [2.05, 4.69) is 0 Å². The lowest BCUT2D eigenvalue weighted by molar-refractivity contribution is -0.794. The van der Waals surface area contributed by atoms with Crippen LogP contribution in [-0.2, 0) is 14.3 Å². The van der Waals surface area contributed by atoms with E-state index in [9.17, 15) is 14.4 Å². The molecule has 0 aliphatic carbocycles. The second-order valence-electron chi connectivity index (χ2n) is 7.58. The first-order chi connectivity index (χ1) is 9.28. The summed E-state index contributed by atoms with van der Waals surface area (Å²) in [6, 6.07) is -0.484. The molecule has 1 atom stereocenters. The third-order valence-corrected chi connectivity index (χ3v) is 3.14. The van der Waals surface area contributed by atoms with Crippen molar-refractivity contribution in [2.45, 2.75) is 72.1 Å². The number of hydrogen-bond acceptors (Lipinski definition) is 5. The van der Waals surface area contributed by atoms with E-state index in [4.69, 9.17) is 9.47 Å². The van der Waals surface area contributed by atoms with Crippen LogP contribution in [0.5, 0.6) is 0 Å². The predicted molar refractivity (Wildman–Crippen MR) is 76.7 cm³/mol.